The summed E-state index contributed by atoms with van der Waals surface area (Å²) in [6.45, 7) is 5.34. The second-order valence-corrected chi connectivity index (χ2v) is 4.29. The quantitative estimate of drug-likeness (QED) is 0.769. The molecule has 0 bridgehead atoms. The Balaban J connectivity index is 4.81. The van der Waals surface area contributed by atoms with E-state index in [1.807, 2.05) is 0 Å². The molecule has 0 fully saturated rings. The normalized spacial score (nSPS) is 19.3. The minimum Gasteiger partial charge on any atom is -0.459 e. The number of halogens is 3. The number of aliphatic hydroxyl groups is 1. The second kappa shape index (κ2) is 5.71. The Hall–Kier alpha value is -0.780. The zero-order valence-electron chi connectivity index (χ0n) is 10.5. The van der Waals surface area contributed by atoms with Gasteiger partial charge in [-0.3, -0.25) is 4.79 Å². The molecule has 0 saturated heterocycles. The van der Waals surface area contributed by atoms with Crippen molar-refractivity contribution in [1.29, 1.82) is 0 Å². The molecule has 0 aromatic heterocycles. The van der Waals surface area contributed by atoms with Crippen molar-refractivity contribution < 1.29 is 27.8 Å². The molecule has 0 aliphatic heterocycles. The zero-order valence-corrected chi connectivity index (χ0v) is 10.5. The summed E-state index contributed by atoms with van der Waals surface area (Å²) in [6, 6.07) is 0. The first kappa shape index (κ1) is 16.2. The minimum absolute atomic E-state index is 0.102. The molecule has 0 aliphatic carbocycles. The monoisotopic (exact) mass is 256 g/mol. The largest absolute Gasteiger partial charge is 0.459 e. The number of hydrogen-bond donors (Lipinski definition) is 1. The molecule has 0 aromatic carbocycles. The molecule has 0 spiro atoms. The van der Waals surface area contributed by atoms with Gasteiger partial charge in [-0.05, 0) is 19.8 Å². The number of alkyl halides is 3. The number of carbonyl (C=O) groups excluding carboxylic acids is 1. The highest BCUT2D eigenvalue weighted by molar-refractivity contribution is 5.72. The van der Waals surface area contributed by atoms with Crippen molar-refractivity contribution in [2.75, 3.05) is 0 Å². The van der Waals surface area contributed by atoms with E-state index in [0.29, 0.717) is 13.3 Å². The van der Waals surface area contributed by atoms with Gasteiger partial charge in [0.15, 0.2) is 5.60 Å². The highest BCUT2D eigenvalue weighted by Gasteiger charge is 2.56. The molecule has 1 N–H and O–H groups in total. The van der Waals surface area contributed by atoms with Crippen LogP contribution in [0.2, 0.25) is 0 Å². The molecule has 0 saturated carbocycles. The van der Waals surface area contributed by atoms with Gasteiger partial charge in [0.1, 0.15) is 6.10 Å². The number of rotatable bonds is 5. The third-order valence-corrected chi connectivity index (χ3v) is 2.84. The molecule has 0 heterocycles. The lowest BCUT2D eigenvalue weighted by Gasteiger charge is -2.33. The lowest BCUT2D eigenvalue weighted by molar-refractivity contribution is -0.286. The van der Waals surface area contributed by atoms with E-state index in [4.69, 9.17) is 4.74 Å². The predicted molar refractivity (Wildman–Crippen MR) is 56.3 cm³/mol. The Bertz CT molecular complexity index is 261. The third kappa shape index (κ3) is 3.87. The maximum Gasteiger partial charge on any atom is 0.420 e. The van der Waals surface area contributed by atoms with Crippen molar-refractivity contribution in [1.82, 2.24) is 0 Å². The number of carbonyl (C=O) groups is 1. The van der Waals surface area contributed by atoms with Crippen molar-refractivity contribution in [2.45, 2.75) is 58.4 Å². The van der Waals surface area contributed by atoms with Gasteiger partial charge in [0.25, 0.3) is 0 Å². The van der Waals surface area contributed by atoms with Gasteiger partial charge in [0, 0.05) is 0 Å². The minimum atomic E-state index is -4.83. The number of ether oxygens (including phenoxy) is 1. The average Bonchev–Trinajstić information content (AvgIpc) is 2.22. The smallest absolute Gasteiger partial charge is 0.420 e. The summed E-state index contributed by atoms with van der Waals surface area (Å²) in [6.07, 6.45) is -6.04. The summed E-state index contributed by atoms with van der Waals surface area (Å²) in [5, 5.41) is 9.41. The zero-order chi connectivity index (χ0) is 13.9. The number of esters is 1. The van der Waals surface area contributed by atoms with E-state index in [9.17, 15) is 23.1 Å². The van der Waals surface area contributed by atoms with Crippen LogP contribution in [0.4, 0.5) is 13.2 Å². The molecular formula is C11H19F3O3. The molecule has 0 aliphatic rings. The van der Waals surface area contributed by atoms with Crippen LogP contribution >= 0.6 is 0 Å². The van der Waals surface area contributed by atoms with Crippen LogP contribution in [0.25, 0.3) is 0 Å². The second-order valence-electron chi connectivity index (χ2n) is 4.29. The Morgan fingerprint density at radius 3 is 2.06 bits per heavy atom. The van der Waals surface area contributed by atoms with Gasteiger partial charge < -0.3 is 9.84 Å². The average molecular weight is 256 g/mol. The molecule has 3 atom stereocenters. The van der Waals surface area contributed by atoms with E-state index in [1.165, 1.54) is 6.92 Å². The van der Waals surface area contributed by atoms with Crippen LogP contribution in [0.5, 0.6) is 0 Å². The fourth-order valence-electron chi connectivity index (χ4n) is 1.20. The molecule has 102 valence electrons. The van der Waals surface area contributed by atoms with E-state index in [0.717, 1.165) is 0 Å². The van der Waals surface area contributed by atoms with Gasteiger partial charge in [-0.15, -0.1) is 0 Å². The van der Waals surface area contributed by atoms with Crippen LogP contribution < -0.4 is 0 Å². The summed E-state index contributed by atoms with van der Waals surface area (Å²) in [4.78, 5) is 11.4. The SMILES string of the molecule is CCC(C)C(=O)OC(CC)C(C)(O)C(F)(F)F. The summed E-state index contributed by atoms with van der Waals surface area (Å²) in [7, 11) is 0. The first-order valence-electron chi connectivity index (χ1n) is 5.57. The van der Waals surface area contributed by atoms with Crippen molar-refractivity contribution >= 4 is 5.97 Å². The Morgan fingerprint density at radius 2 is 1.76 bits per heavy atom. The molecular weight excluding hydrogens is 237 g/mol. The fourth-order valence-corrected chi connectivity index (χ4v) is 1.20. The van der Waals surface area contributed by atoms with Crippen LogP contribution in [0.15, 0.2) is 0 Å². The van der Waals surface area contributed by atoms with Crippen LogP contribution in [0.3, 0.4) is 0 Å². The Morgan fingerprint density at radius 1 is 1.29 bits per heavy atom. The van der Waals surface area contributed by atoms with E-state index in [1.54, 1.807) is 13.8 Å². The van der Waals surface area contributed by atoms with Crippen LogP contribution in [-0.2, 0) is 9.53 Å². The third-order valence-electron chi connectivity index (χ3n) is 2.84. The van der Waals surface area contributed by atoms with Crippen LogP contribution in [-0.4, -0.2) is 29.0 Å². The molecule has 0 rings (SSSR count). The fraction of sp³-hybridized carbons (Fsp3) is 0.909. The topological polar surface area (TPSA) is 46.5 Å². The molecule has 0 amide bonds. The summed E-state index contributed by atoms with van der Waals surface area (Å²) in [5.41, 5.74) is -3.02. The van der Waals surface area contributed by atoms with E-state index in [-0.39, 0.29) is 6.42 Å². The molecule has 6 heteroatoms. The molecule has 0 aromatic rings. The van der Waals surface area contributed by atoms with Gasteiger partial charge in [-0.2, -0.15) is 13.2 Å². The first-order chi connectivity index (χ1) is 7.57. The van der Waals surface area contributed by atoms with Crippen LogP contribution in [0.1, 0.15) is 40.5 Å². The highest BCUT2D eigenvalue weighted by atomic mass is 19.4. The van der Waals surface area contributed by atoms with Crippen molar-refractivity contribution in [3.05, 3.63) is 0 Å². The summed E-state index contributed by atoms with van der Waals surface area (Å²) in [5.74, 6) is -1.20. The molecule has 3 unspecified atom stereocenters. The van der Waals surface area contributed by atoms with Gasteiger partial charge in [-0.25, -0.2) is 0 Å². The van der Waals surface area contributed by atoms with Crippen molar-refractivity contribution in [3.63, 3.8) is 0 Å². The van der Waals surface area contributed by atoms with Crippen molar-refractivity contribution in [3.8, 4) is 0 Å². The maximum atomic E-state index is 12.6. The van der Waals surface area contributed by atoms with Gasteiger partial charge in [-0.1, -0.05) is 20.8 Å². The summed E-state index contributed by atoms with van der Waals surface area (Å²) < 4.78 is 42.4. The standard InChI is InChI=1S/C11H19F3O3/c1-5-7(3)9(15)17-8(6-2)10(4,16)11(12,13)14/h7-8,16H,5-6H2,1-4H3. The van der Waals surface area contributed by atoms with Gasteiger partial charge in [0.2, 0.25) is 0 Å². The van der Waals surface area contributed by atoms with E-state index < -0.39 is 29.8 Å². The summed E-state index contributed by atoms with van der Waals surface area (Å²) >= 11 is 0. The Kier molecular flexibility index (Phi) is 5.45. The lowest BCUT2D eigenvalue weighted by Crippen LogP contribution is -2.53. The van der Waals surface area contributed by atoms with E-state index in [2.05, 4.69) is 0 Å². The van der Waals surface area contributed by atoms with Crippen LogP contribution in [0, 0.1) is 5.92 Å². The molecule has 0 radical (unpaired) electrons. The van der Waals surface area contributed by atoms with E-state index >= 15 is 0 Å². The first-order valence-corrected chi connectivity index (χ1v) is 5.57. The number of hydrogen-bond acceptors (Lipinski definition) is 3. The highest BCUT2D eigenvalue weighted by Crippen LogP contribution is 2.35. The predicted octanol–water partition coefficient (Wildman–Crippen LogP) is 2.67. The molecule has 3 nitrogen and oxygen atoms in total. The van der Waals surface area contributed by atoms with Gasteiger partial charge >= 0.3 is 12.1 Å². The van der Waals surface area contributed by atoms with Gasteiger partial charge in [0.05, 0.1) is 5.92 Å². The lowest BCUT2D eigenvalue weighted by atomic mass is 9.96. The Labute approximate surface area is 99.0 Å². The maximum absolute atomic E-state index is 12.6. The van der Waals surface area contributed by atoms with Crippen molar-refractivity contribution in [2.24, 2.45) is 5.92 Å². The molecule has 17 heavy (non-hydrogen) atoms.